The summed E-state index contributed by atoms with van der Waals surface area (Å²) in [7, 11) is 0. The van der Waals surface area contributed by atoms with E-state index in [0.29, 0.717) is 19.4 Å². The van der Waals surface area contributed by atoms with Gasteiger partial charge in [-0.05, 0) is 32.1 Å². The zero-order valence-electron chi connectivity index (χ0n) is 40.5. The van der Waals surface area contributed by atoms with Crippen LogP contribution in [0.2, 0.25) is 0 Å². The molecule has 0 rings (SSSR count). The highest BCUT2D eigenvalue weighted by molar-refractivity contribution is 5.76. The van der Waals surface area contributed by atoms with Crippen LogP contribution in [0.25, 0.3) is 0 Å². The van der Waals surface area contributed by atoms with Gasteiger partial charge in [0.2, 0.25) is 5.91 Å². The Morgan fingerprint density at radius 3 is 1.13 bits per heavy atom. The molecule has 1 amide bonds. The van der Waals surface area contributed by atoms with Gasteiger partial charge in [0.15, 0.2) is 0 Å². The van der Waals surface area contributed by atoms with E-state index >= 15 is 0 Å². The fraction of sp³-hybridized carbons (Fsp3) is 0.926. The molecule has 0 spiro atoms. The minimum absolute atomic E-state index is 0.00677. The molecule has 0 aromatic carbocycles. The Kier molecular flexibility index (Phi) is 49.1. The summed E-state index contributed by atoms with van der Waals surface area (Å²) in [6.07, 6.45) is 57.9. The summed E-state index contributed by atoms with van der Waals surface area (Å²) in [4.78, 5) is 24.4. The molecular formula is C54H105NO5. The molecule has 0 aromatic rings. The van der Waals surface area contributed by atoms with Crippen molar-refractivity contribution >= 4 is 11.9 Å². The van der Waals surface area contributed by atoms with Gasteiger partial charge in [0.1, 0.15) is 0 Å². The molecule has 0 aromatic heterocycles. The minimum Gasteiger partial charge on any atom is -0.466 e. The molecule has 2 atom stereocenters. The number of hydrogen-bond acceptors (Lipinski definition) is 5. The molecule has 0 aliphatic rings. The first-order valence-corrected chi connectivity index (χ1v) is 27.0. The molecule has 6 nitrogen and oxygen atoms in total. The number of allylic oxidation sites excluding steroid dienone is 1. The average molecular weight is 848 g/mol. The highest BCUT2D eigenvalue weighted by Crippen LogP contribution is 2.17. The Labute approximate surface area is 374 Å². The molecule has 6 heteroatoms. The number of esters is 1. The second-order valence-electron chi connectivity index (χ2n) is 18.6. The first-order valence-electron chi connectivity index (χ1n) is 27.0. The number of carbonyl (C=O) groups excluding carboxylic acids is 2. The van der Waals surface area contributed by atoms with Gasteiger partial charge in [-0.15, -0.1) is 0 Å². The lowest BCUT2D eigenvalue weighted by atomic mass is 10.0. The van der Waals surface area contributed by atoms with Crippen molar-refractivity contribution in [2.24, 2.45) is 0 Å². The van der Waals surface area contributed by atoms with Crippen LogP contribution in [0.3, 0.4) is 0 Å². The summed E-state index contributed by atoms with van der Waals surface area (Å²) in [5, 5.41) is 23.0. The molecule has 0 fully saturated rings. The van der Waals surface area contributed by atoms with Crippen LogP contribution in [-0.4, -0.2) is 47.4 Å². The van der Waals surface area contributed by atoms with Gasteiger partial charge < -0.3 is 20.3 Å². The second-order valence-corrected chi connectivity index (χ2v) is 18.6. The molecule has 0 saturated carbocycles. The minimum atomic E-state index is -0.845. The van der Waals surface area contributed by atoms with E-state index in [9.17, 15) is 19.8 Å². The number of amides is 1. The largest absolute Gasteiger partial charge is 0.466 e. The van der Waals surface area contributed by atoms with E-state index in [1.165, 1.54) is 231 Å². The molecule has 0 aliphatic carbocycles. The quantitative estimate of drug-likeness (QED) is 0.0322. The normalized spacial score (nSPS) is 12.7. The highest BCUT2D eigenvalue weighted by Gasteiger charge is 2.18. The van der Waals surface area contributed by atoms with Crippen LogP contribution in [0.1, 0.15) is 296 Å². The van der Waals surface area contributed by atoms with Crippen molar-refractivity contribution in [1.82, 2.24) is 5.32 Å². The van der Waals surface area contributed by atoms with Crippen LogP contribution < -0.4 is 5.32 Å². The molecule has 2 unspecified atom stereocenters. The maximum absolute atomic E-state index is 12.4. The number of aliphatic hydroxyl groups is 2. The van der Waals surface area contributed by atoms with Crippen LogP contribution in [0.4, 0.5) is 0 Å². The number of aliphatic hydroxyl groups excluding tert-OH is 2. The monoisotopic (exact) mass is 848 g/mol. The lowest BCUT2D eigenvalue weighted by molar-refractivity contribution is -0.143. The van der Waals surface area contributed by atoms with E-state index in [2.05, 4.69) is 19.2 Å². The Morgan fingerprint density at radius 2 is 0.767 bits per heavy atom. The maximum Gasteiger partial charge on any atom is 0.305 e. The zero-order chi connectivity index (χ0) is 43.7. The topological polar surface area (TPSA) is 95.9 Å². The molecular weight excluding hydrogens is 743 g/mol. The Hall–Kier alpha value is -1.40. The molecule has 0 heterocycles. The number of ether oxygens (including phenoxy) is 1. The van der Waals surface area contributed by atoms with Crippen molar-refractivity contribution in [1.29, 1.82) is 0 Å². The van der Waals surface area contributed by atoms with Crippen LogP contribution >= 0.6 is 0 Å². The maximum atomic E-state index is 12.4. The number of rotatable bonds is 50. The van der Waals surface area contributed by atoms with Crippen molar-refractivity contribution < 1.29 is 24.5 Å². The van der Waals surface area contributed by atoms with E-state index in [1.807, 2.05) is 6.08 Å². The summed E-state index contributed by atoms with van der Waals surface area (Å²) < 4.78 is 5.47. The smallest absolute Gasteiger partial charge is 0.305 e. The van der Waals surface area contributed by atoms with Crippen molar-refractivity contribution in [2.45, 2.75) is 309 Å². The van der Waals surface area contributed by atoms with E-state index in [0.717, 1.165) is 38.5 Å². The van der Waals surface area contributed by atoms with Crippen molar-refractivity contribution in [3.63, 3.8) is 0 Å². The molecule has 0 saturated heterocycles. The fourth-order valence-electron chi connectivity index (χ4n) is 8.40. The zero-order valence-corrected chi connectivity index (χ0v) is 40.5. The summed E-state index contributed by atoms with van der Waals surface area (Å²) in [6.45, 7) is 4.89. The van der Waals surface area contributed by atoms with Gasteiger partial charge in [-0.1, -0.05) is 264 Å². The third-order valence-corrected chi connectivity index (χ3v) is 12.6. The van der Waals surface area contributed by atoms with Gasteiger partial charge in [0.05, 0.1) is 25.4 Å². The SMILES string of the molecule is CCCCCCCCCCCC/C=C/C(O)C(CO)NC(=O)CCCCCCCCCCCCCCCCCCCOC(=O)CCCCCCCCCCCCCCCC. The van der Waals surface area contributed by atoms with Gasteiger partial charge in [0.25, 0.3) is 0 Å². The van der Waals surface area contributed by atoms with E-state index < -0.39 is 12.1 Å². The highest BCUT2D eigenvalue weighted by atomic mass is 16.5. The number of nitrogens with one attached hydrogen (secondary N) is 1. The molecule has 0 bridgehead atoms. The van der Waals surface area contributed by atoms with Gasteiger partial charge in [-0.2, -0.15) is 0 Å². The number of carbonyl (C=O) groups is 2. The van der Waals surface area contributed by atoms with Crippen LogP contribution in [-0.2, 0) is 14.3 Å². The third-order valence-electron chi connectivity index (χ3n) is 12.6. The van der Waals surface area contributed by atoms with Gasteiger partial charge in [0, 0.05) is 12.8 Å². The third kappa shape index (κ3) is 46.1. The molecule has 0 radical (unpaired) electrons. The fourth-order valence-corrected chi connectivity index (χ4v) is 8.40. The van der Waals surface area contributed by atoms with Gasteiger partial charge in [-0.3, -0.25) is 9.59 Å². The summed E-state index contributed by atoms with van der Waals surface area (Å²) in [5.41, 5.74) is 0. The summed E-state index contributed by atoms with van der Waals surface area (Å²) in [5.74, 6) is -0.0663. The van der Waals surface area contributed by atoms with Crippen LogP contribution in [0, 0.1) is 0 Å². The van der Waals surface area contributed by atoms with E-state index in [4.69, 9.17) is 4.74 Å². The molecule has 60 heavy (non-hydrogen) atoms. The Balaban J connectivity index is 3.41. The summed E-state index contributed by atoms with van der Waals surface area (Å²) in [6, 6.07) is -0.629. The second kappa shape index (κ2) is 50.2. The van der Waals surface area contributed by atoms with Crippen molar-refractivity contribution in [2.75, 3.05) is 13.2 Å². The standard InChI is InChI=1S/C54H105NO5/c1-3-5-7-9-11-13-15-17-24-28-32-36-40-44-48-54(59)60-49-45-41-37-33-29-25-22-20-18-19-21-23-27-31-35-39-43-47-53(58)55-51(50-56)52(57)46-42-38-34-30-26-16-14-12-10-8-6-4-2/h42,46,51-52,56-57H,3-41,43-45,47-50H2,1-2H3,(H,55,58)/b46-42+. The first kappa shape index (κ1) is 58.6. The lowest BCUT2D eigenvalue weighted by Gasteiger charge is -2.20. The Morgan fingerprint density at radius 1 is 0.450 bits per heavy atom. The van der Waals surface area contributed by atoms with Crippen molar-refractivity contribution in [3.05, 3.63) is 12.2 Å². The Bertz CT molecular complexity index is 893. The molecule has 356 valence electrons. The number of unbranched alkanes of at least 4 members (excludes halogenated alkanes) is 39. The van der Waals surface area contributed by atoms with Gasteiger partial charge >= 0.3 is 5.97 Å². The van der Waals surface area contributed by atoms with Crippen LogP contribution in [0.5, 0.6) is 0 Å². The van der Waals surface area contributed by atoms with E-state index in [1.54, 1.807) is 6.08 Å². The predicted molar refractivity (Wildman–Crippen MR) is 260 cm³/mol. The van der Waals surface area contributed by atoms with E-state index in [-0.39, 0.29) is 18.5 Å². The van der Waals surface area contributed by atoms with Crippen LogP contribution in [0.15, 0.2) is 12.2 Å². The lowest BCUT2D eigenvalue weighted by Crippen LogP contribution is -2.45. The molecule has 0 aliphatic heterocycles. The summed E-state index contributed by atoms with van der Waals surface area (Å²) >= 11 is 0. The number of hydrogen-bond donors (Lipinski definition) is 3. The first-order chi connectivity index (χ1) is 29.5. The molecule has 3 N–H and O–H groups in total. The average Bonchev–Trinajstić information content (AvgIpc) is 3.25. The predicted octanol–water partition coefficient (Wildman–Crippen LogP) is 16.1. The van der Waals surface area contributed by atoms with Crippen molar-refractivity contribution in [3.8, 4) is 0 Å². The van der Waals surface area contributed by atoms with Gasteiger partial charge in [-0.25, -0.2) is 0 Å².